The maximum atomic E-state index is 11.1. The van der Waals surface area contributed by atoms with Crippen molar-refractivity contribution in [1.29, 1.82) is 0 Å². The first-order chi connectivity index (χ1) is 7.66. The molecule has 4 heteroatoms. The van der Waals surface area contributed by atoms with Crippen molar-refractivity contribution in [1.82, 2.24) is 5.32 Å². The van der Waals surface area contributed by atoms with Gasteiger partial charge in [0.15, 0.2) is 0 Å². The van der Waals surface area contributed by atoms with E-state index in [1.54, 1.807) is 6.92 Å². The van der Waals surface area contributed by atoms with Gasteiger partial charge in [0.2, 0.25) is 0 Å². The quantitative estimate of drug-likeness (QED) is 0.550. The highest BCUT2D eigenvalue weighted by molar-refractivity contribution is 5.71. The average molecular weight is 229 g/mol. The molecule has 1 saturated carbocycles. The largest absolute Gasteiger partial charge is 0.465 e. The number of carbonyl (C=O) groups excluding carboxylic acids is 1. The minimum absolute atomic E-state index is 0.191. The van der Waals surface area contributed by atoms with Crippen LogP contribution in [0.4, 0.5) is 0 Å². The van der Waals surface area contributed by atoms with Crippen molar-refractivity contribution in [3.8, 4) is 0 Å². The summed E-state index contributed by atoms with van der Waals surface area (Å²) in [6, 6.07) is 0. The summed E-state index contributed by atoms with van der Waals surface area (Å²) in [6.07, 6.45) is 6.25. The zero-order valence-electron chi connectivity index (χ0n) is 10.1. The van der Waals surface area contributed by atoms with Gasteiger partial charge in [-0.25, -0.2) is 0 Å². The highest BCUT2D eigenvalue weighted by Crippen LogP contribution is 2.26. The van der Waals surface area contributed by atoms with E-state index in [1.807, 2.05) is 0 Å². The van der Waals surface area contributed by atoms with Gasteiger partial charge in [-0.2, -0.15) is 0 Å². The van der Waals surface area contributed by atoms with Crippen LogP contribution in [0.2, 0.25) is 0 Å². The molecule has 0 spiro atoms. The van der Waals surface area contributed by atoms with Crippen LogP contribution in [0.5, 0.6) is 0 Å². The van der Waals surface area contributed by atoms with Crippen LogP contribution in [0.15, 0.2) is 0 Å². The van der Waals surface area contributed by atoms with E-state index in [1.165, 1.54) is 12.8 Å². The Labute approximate surface area is 97.4 Å². The zero-order chi connectivity index (χ0) is 11.9. The van der Waals surface area contributed by atoms with Crippen molar-refractivity contribution < 1.29 is 14.6 Å². The molecule has 0 aliphatic heterocycles. The molecule has 0 aromatic rings. The Balaban J connectivity index is 2.21. The summed E-state index contributed by atoms with van der Waals surface area (Å²) in [5.74, 6) is -0.250. The molecule has 0 saturated heterocycles. The maximum absolute atomic E-state index is 11.1. The summed E-state index contributed by atoms with van der Waals surface area (Å²) in [5.41, 5.74) is -0.622. The van der Waals surface area contributed by atoms with Crippen molar-refractivity contribution >= 4 is 5.97 Å². The molecule has 2 N–H and O–H groups in total. The summed E-state index contributed by atoms with van der Waals surface area (Å²) in [4.78, 5) is 11.1. The first-order valence-corrected chi connectivity index (χ1v) is 6.25. The van der Waals surface area contributed by atoms with Gasteiger partial charge in [0.05, 0.1) is 18.8 Å². The van der Waals surface area contributed by atoms with Crippen molar-refractivity contribution in [2.24, 2.45) is 0 Å². The third kappa shape index (κ3) is 4.94. The van der Waals surface area contributed by atoms with Gasteiger partial charge in [-0.15, -0.1) is 0 Å². The first kappa shape index (κ1) is 13.5. The number of aliphatic hydroxyl groups is 1. The van der Waals surface area contributed by atoms with Crippen molar-refractivity contribution in [3.63, 3.8) is 0 Å². The Morgan fingerprint density at radius 3 is 2.50 bits per heavy atom. The lowest BCUT2D eigenvalue weighted by atomic mass is 9.94. The van der Waals surface area contributed by atoms with Crippen molar-refractivity contribution in [2.45, 2.75) is 51.0 Å². The van der Waals surface area contributed by atoms with E-state index in [-0.39, 0.29) is 12.5 Å². The van der Waals surface area contributed by atoms with Gasteiger partial charge in [-0.1, -0.05) is 25.7 Å². The molecule has 0 unspecified atom stereocenters. The summed E-state index contributed by atoms with van der Waals surface area (Å²) >= 11 is 0. The van der Waals surface area contributed by atoms with Gasteiger partial charge in [0, 0.05) is 6.54 Å². The van der Waals surface area contributed by atoms with E-state index >= 15 is 0 Å². The Morgan fingerprint density at radius 1 is 1.31 bits per heavy atom. The van der Waals surface area contributed by atoms with Crippen LogP contribution < -0.4 is 5.32 Å². The number of rotatable bonds is 5. The SMILES string of the molecule is CCOC(=O)CNCC1(O)CCCCCC1. The molecule has 94 valence electrons. The van der Waals surface area contributed by atoms with Crippen LogP contribution in [0.1, 0.15) is 45.4 Å². The highest BCUT2D eigenvalue weighted by Gasteiger charge is 2.27. The molecule has 0 amide bonds. The van der Waals surface area contributed by atoms with Gasteiger partial charge in [0.25, 0.3) is 0 Å². The fourth-order valence-corrected chi connectivity index (χ4v) is 2.17. The normalized spacial score (nSPS) is 20.1. The zero-order valence-corrected chi connectivity index (χ0v) is 10.1. The van der Waals surface area contributed by atoms with Gasteiger partial charge in [-0.3, -0.25) is 4.79 Å². The fraction of sp³-hybridized carbons (Fsp3) is 0.917. The molecule has 0 atom stereocenters. The van der Waals surface area contributed by atoms with Crippen molar-refractivity contribution in [2.75, 3.05) is 19.7 Å². The second-order valence-electron chi connectivity index (χ2n) is 4.55. The molecule has 1 aliphatic carbocycles. The van der Waals surface area contributed by atoms with E-state index in [9.17, 15) is 9.90 Å². The van der Waals surface area contributed by atoms with E-state index in [0.29, 0.717) is 13.2 Å². The lowest BCUT2D eigenvalue weighted by Gasteiger charge is -2.26. The van der Waals surface area contributed by atoms with Crippen LogP contribution in [-0.2, 0) is 9.53 Å². The molecule has 0 heterocycles. The van der Waals surface area contributed by atoms with Gasteiger partial charge in [-0.05, 0) is 19.8 Å². The number of hydrogen-bond acceptors (Lipinski definition) is 4. The summed E-state index contributed by atoms with van der Waals surface area (Å²) in [5, 5.41) is 13.3. The van der Waals surface area contributed by atoms with Crippen molar-refractivity contribution in [3.05, 3.63) is 0 Å². The molecule has 1 aliphatic rings. The maximum Gasteiger partial charge on any atom is 0.319 e. The Bertz CT molecular complexity index is 210. The second-order valence-corrected chi connectivity index (χ2v) is 4.55. The van der Waals surface area contributed by atoms with Crippen LogP contribution >= 0.6 is 0 Å². The molecule has 1 rings (SSSR count). The highest BCUT2D eigenvalue weighted by atomic mass is 16.5. The minimum Gasteiger partial charge on any atom is -0.465 e. The van der Waals surface area contributed by atoms with Gasteiger partial charge >= 0.3 is 5.97 Å². The van der Waals surface area contributed by atoms with E-state index < -0.39 is 5.60 Å². The van der Waals surface area contributed by atoms with E-state index in [0.717, 1.165) is 25.7 Å². The van der Waals surface area contributed by atoms with E-state index in [4.69, 9.17) is 4.74 Å². The Hall–Kier alpha value is -0.610. The Kier molecular flexibility index (Phi) is 5.77. The number of hydrogen-bond donors (Lipinski definition) is 2. The summed E-state index contributed by atoms with van der Waals surface area (Å²) in [6.45, 7) is 2.88. The average Bonchev–Trinajstić information content (AvgIpc) is 2.44. The number of nitrogens with one attached hydrogen (secondary N) is 1. The summed E-state index contributed by atoms with van der Waals surface area (Å²) < 4.78 is 4.81. The molecular weight excluding hydrogens is 206 g/mol. The third-order valence-electron chi connectivity index (χ3n) is 3.06. The molecular formula is C12H23NO3. The molecule has 0 aromatic carbocycles. The predicted octanol–water partition coefficient (Wildman–Crippen LogP) is 1.22. The molecule has 0 aromatic heterocycles. The minimum atomic E-state index is -0.622. The molecule has 1 fully saturated rings. The van der Waals surface area contributed by atoms with Crippen LogP contribution in [-0.4, -0.2) is 36.4 Å². The molecule has 0 radical (unpaired) electrons. The van der Waals surface area contributed by atoms with Crippen LogP contribution in [0, 0.1) is 0 Å². The standard InChI is InChI=1S/C12H23NO3/c1-2-16-11(14)9-13-10-12(15)7-5-3-4-6-8-12/h13,15H,2-10H2,1H3. The van der Waals surface area contributed by atoms with Crippen LogP contribution in [0.25, 0.3) is 0 Å². The molecule has 16 heavy (non-hydrogen) atoms. The lowest BCUT2D eigenvalue weighted by molar-refractivity contribution is -0.142. The topological polar surface area (TPSA) is 58.6 Å². The van der Waals surface area contributed by atoms with E-state index in [2.05, 4.69) is 5.32 Å². The third-order valence-corrected chi connectivity index (χ3v) is 3.06. The van der Waals surface area contributed by atoms with Gasteiger partial charge < -0.3 is 15.2 Å². The van der Waals surface area contributed by atoms with Gasteiger partial charge in [0.1, 0.15) is 0 Å². The number of esters is 1. The molecule has 0 bridgehead atoms. The number of ether oxygens (including phenoxy) is 1. The number of carbonyl (C=O) groups is 1. The summed E-state index contributed by atoms with van der Waals surface area (Å²) in [7, 11) is 0. The fourth-order valence-electron chi connectivity index (χ4n) is 2.17. The lowest BCUT2D eigenvalue weighted by Crippen LogP contribution is -2.42. The van der Waals surface area contributed by atoms with Crippen LogP contribution in [0.3, 0.4) is 0 Å². The predicted molar refractivity (Wildman–Crippen MR) is 62.2 cm³/mol. The first-order valence-electron chi connectivity index (χ1n) is 6.25. The molecule has 4 nitrogen and oxygen atoms in total. The smallest absolute Gasteiger partial charge is 0.319 e. The second kappa shape index (κ2) is 6.86. The Morgan fingerprint density at radius 2 is 1.94 bits per heavy atom. The monoisotopic (exact) mass is 229 g/mol.